The first-order chi connectivity index (χ1) is 7.47. The predicted octanol–water partition coefficient (Wildman–Crippen LogP) is 0.810. The minimum atomic E-state index is -0.140. The summed E-state index contributed by atoms with van der Waals surface area (Å²) < 4.78 is 0. The SMILES string of the molecule is CCN(C)C(=O)NCCC(=O)NCC(C)C. The molecule has 0 aliphatic carbocycles. The van der Waals surface area contributed by atoms with E-state index in [9.17, 15) is 9.59 Å². The van der Waals surface area contributed by atoms with Crippen LogP contribution in [0.15, 0.2) is 0 Å². The second kappa shape index (κ2) is 7.96. The maximum Gasteiger partial charge on any atom is 0.317 e. The van der Waals surface area contributed by atoms with E-state index in [4.69, 9.17) is 0 Å². The molecular weight excluding hydrogens is 206 g/mol. The summed E-state index contributed by atoms with van der Waals surface area (Å²) in [6, 6.07) is -0.140. The number of amides is 3. The lowest BCUT2D eigenvalue weighted by Gasteiger charge is -2.15. The van der Waals surface area contributed by atoms with Gasteiger partial charge in [-0.25, -0.2) is 4.79 Å². The molecule has 0 saturated carbocycles. The fourth-order valence-corrected chi connectivity index (χ4v) is 0.968. The fraction of sp³-hybridized carbons (Fsp3) is 0.818. The van der Waals surface area contributed by atoms with Gasteiger partial charge in [-0.15, -0.1) is 0 Å². The van der Waals surface area contributed by atoms with E-state index in [1.165, 1.54) is 0 Å². The molecule has 0 bridgehead atoms. The lowest BCUT2D eigenvalue weighted by Crippen LogP contribution is -2.39. The number of hydrogen-bond donors (Lipinski definition) is 2. The average Bonchev–Trinajstić information content (AvgIpc) is 2.24. The van der Waals surface area contributed by atoms with Crippen LogP contribution in [0.25, 0.3) is 0 Å². The fourth-order valence-electron chi connectivity index (χ4n) is 0.968. The normalized spacial score (nSPS) is 10.1. The minimum absolute atomic E-state index is 0.0202. The van der Waals surface area contributed by atoms with Crippen LogP contribution in [0.1, 0.15) is 27.2 Å². The molecular formula is C11H23N3O2. The number of hydrogen-bond acceptors (Lipinski definition) is 2. The van der Waals surface area contributed by atoms with Gasteiger partial charge >= 0.3 is 6.03 Å². The molecule has 0 rings (SSSR count). The van der Waals surface area contributed by atoms with E-state index in [1.807, 2.05) is 20.8 Å². The number of nitrogens with one attached hydrogen (secondary N) is 2. The molecule has 0 aromatic carbocycles. The van der Waals surface area contributed by atoms with Gasteiger partial charge < -0.3 is 15.5 Å². The standard InChI is InChI=1S/C11H23N3O2/c1-5-14(4)11(16)12-7-6-10(15)13-8-9(2)3/h9H,5-8H2,1-4H3,(H,12,16)(H,13,15). The zero-order chi connectivity index (χ0) is 12.6. The first-order valence-electron chi connectivity index (χ1n) is 5.73. The van der Waals surface area contributed by atoms with Crippen LogP contribution in [0.4, 0.5) is 4.79 Å². The van der Waals surface area contributed by atoms with Gasteiger partial charge in [-0.1, -0.05) is 13.8 Å². The van der Waals surface area contributed by atoms with Crippen molar-refractivity contribution in [2.75, 3.05) is 26.7 Å². The molecule has 0 fully saturated rings. The summed E-state index contributed by atoms with van der Waals surface area (Å²) in [6.07, 6.45) is 0.329. The number of carbonyl (C=O) groups is 2. The Hall–Kier alpha value is -1.26. The van der Waals surface area contributed by atoms with E-state index in [1.54, 1.807) is 11.9 Å². The smallest absolute Gasteiger partial charge is 0.317 e. The van der Waals surface area contributed by atoms with E-state index in [-0.39, 0.29) is 11.9 Å². The second-order valence-corrected chi connectivity index (χ2v) is 4.19. The Kier molecular flexibility index (Phi) is 7.33. The summed E-state index contributed by atoms with van der Waals surface area (Å²) in [4.78, 5) is 24.2. The predicted molar refractivity (Wildman–Crippen MR) is 64.2 cm³/mol. The van der Waals surface area contributed by atoms with Crippen molar-refractivity contribution in [2.45, 2.75) is 27.2 Å². The molecule has 94 valence electrons. The minimum Gasteiger partial charge on any atom is -0.356 e. The summed E-state index contributed by atoms with van der Waals surface area (Å²) in [6.45, 7) is 7.70. The second-order valence-electron chi connectivity index (χ2n) is 4.19. The van der Waals surface area contributed by atoms with E-state index >= 15 is 0 Å². The highest BCUT2D eigenvalue weighted by Gasteiger charge is 2.06. The largest absolute Gasteiger partial charge is 0.356 e. The van der Waals surface area contributed by atoms with Crippen LogP contribution in [-0.4, -0.2) is 43.5 Å². The van der Waals surface area contributed by atoms with Gasteiger partial charge in [0.15, 0.2) is 0 Å². The summed E-state index contributed by atoms with van der Waals surface area (Å²) in [7, 11) is 1.72. The molecule has 0 aliphatic heterocycles. The van der Waals surface area contributed by atoms with Crippen LogP contribution < -0.4 is 10.6 Å². The molecule has 5 nitrogen and oxygen atoms in total. The number of rotatable bonds is 6. The van der Waals surface area contributed by atoms with Gasteiger partial charge in [-0.3, -0.25) is 4.79 Å². The van der Waals surface area contributed by atoms with Gasteiger partial charge in [0.1, 0.15) is 0 Å². The summed E-state index contributed by atoms with van der Waals surface area (Å²) in [5, 5.41) is 5.47. The molecule has 0 aromatic heterocycles. The van der Waals surface area contributed by atoms with Crippen molar-refractivity contribution in [2.24, 2.45) is 5.92 Å². The van der Waals surface area contributed by atoms with Crippen molar-refractivity contribution in [3.8, 4) is 0 Å². The first-order valence-corrected chi connectivity index (χ1v) is 5.73. The van der Waals surface area contributed by atoms with Crippen LogP contribution in [0.2, 0.25) is 0 Å². The lowest BCUT2D eigenvalue weighted by atomic mass is 10.2. The van der Waals surface area contributed by atoms with Gasteiger partial charge in [-0.05, 0) is 12.8 Å². The summed E-state index contributed by atoms with van der Waals surface area (Å²) in [5.74, 6) is 0.429. The number of carbonyl (C=O) groups excluding carboxylic acids is 2. The van der Waals surface area contributed by atoms with Crippen LogP contribution in [0.5, 0.6) is 0 Å². The quantitative estimate of drug-likeness (QED) is 0.708. The Morgan fingerprint density at radius 2 is 1.88 bits per heavy atom. The van der Waals surface area contributed by atoms with Crippen LogP contribution in [0, 0.1) is 5.92 Å². The Morgan fingerprint density at radius 1 is 1.25 bits per heavy atom. The lowest BCUT2D eigenvalue weighted by molar-refractivity contribution is -0.121. The van der Waals surface area contributed by atoms with Crippen molar-refractivity contribution in [1.29, 1.82) is 0 Å². The molecule has 5 heteroatoms. The topological polar surface area (TPSA) is 61.4 Å². The molecule has 0 spiro atoms. The molecule has 0 aromatic rings. The molecule has 0 aliphatic rings. The molecule has 0 atom stereocenters. The van der Waals surface area contributed by atoms with Gasteiger partial charge in [0.2, 0.25) is 5.91 Å². The molecule has 0 unspecified atom stereocenters. The zero-order valence-corrected chi connectivity index (χ0v) is 10.7. The summed E-state index contributed by atoms with van der Waals surface area (Å²) >= 11 is 0. The van der Waals surface area contributed by atoms with Gasteiger partial charge in [0.25, 0.3) is 0 Å². The van der Waals surface area contributed by atoms with Crippen LogP contribution >= 0.6 is 0 Å². The molecule has 0 saturated heterocycles. The van der Waals surface area contributed by atoms with Crippen LogP contribution in [0.3, 0.4) is 0 Å². The highest BCUT2D eigenvalue weighted by molar-refractivity contribution is 5.78. The first kappa shape index (κ1) is 14.7. The van der Waals surface area contributed by atoms with Gasteiger partial charge in [0.05, 0.1) is 0 Å². The third-order valence-electron chi connectivity index (χ3n) is 2.16. The van der Waals surface area contributed by atoms with E-state index < -0.39 is 0 Å². The Labute approximate surface area is 97.6 Å². The Balaban J connectivity index is 3.58. The third kappa shape index (κ3) is 7.09. The average molecular weight is 229 g/mol. The third-order valence-corrected chi connectivity index (χ3v) is 2.16. The van der Waals surface area contributed by atoms with Gasteiger partial charge in [-0.2, -0.15) is 0 Å². The Morgan fingerprint density at radius 3 is 2.38 bits per heavy atom. The van der Waals surface area contributed by atoms with Crippen molar-refractivity contribution in [1.82, 2.24) is 15.5 Å². The number of urea groups is 1. The van der Waals surface area contributed by atoms with Crippen LogP contribution in [-0.2, 0) is 4.79 Å². The highest BCUT2D eigenvalue weighted by atomic mass is 16.2. The zero-order valence-electron chi connectivity index (χ0n) is 10.7. The molecule has 0 radical (unpaired) electrons. The van der Waals surface area contributed by atoms with Crippen molar-refractivity contribution in [3.05, 3.63) is 0 Å². The monoisotopic (exact) mass is 229 g/mol. The van der Waals surface area contributed by atoms with Crippen molar-refractivity contribution in [3.63, 3.8) is 0 Å². The van der Waals surface area contributed by atoms with Crippen molar-refractivity contribution < 1.29 is 9.59 Å². The maximum atomic E-state index is 11.3. The highest BCUT2D eigenvalue weighted by Crippen LogP contribution is 1.88. The van der Waals surface area contributed by atoms with Gasteiger partial charge in [0, 0.05) is 33.1 Å². The molecule has 16 heavy (non-hydrogen) atoms. The molecule has 0 heterocycles. The number of nitrogens with zero attached hydrogens (tertiary/aromatic N) is 1. The van der Waals surface area contributed by atoms with E-state index in [0.29, 0.717) is 32.0 Å². The molecule has 2 N–H and O–H groups in total. The van der Waals surface area contributed by atoms with Crippen molar-refractivity contribution >= 4 is 11.9 Å². The summed E-state index contributed by atoms with van der Waals surface area (Å²) in [5.41, 5.74) is 0. The maximum absolute atomic E-state index is 11.3. The molecule has 3 amide bonds. The Bertz CT molecular complexity index is 229. The van der Waals surface area contributed by atoms with E-state index in [0.717, 1.165) is 0 Å². The van der Waals surface area contributed by atoms with E-state index in [2.05, 4.69) is 10.6 Å².